The van der Waals surface area contributed by atoms with Crippen LogP contribution >= 0.6 is 0 Å². The molecule has 5 heteroatoms. The highest BCUT2D eigenvalue weighted by molar-refractivity contribution is 5.95. The van der Waals surface area contributed by atoms with Crippen LogP contribution in [0.1, 0.15) is 30.1 Å². The molecule has 1 heterocycles. The van der Waals surface area contributed by atoms with E-state index < -0.39 is 0 Å². The Labute approximate surface area is 112 Å². The Kier molecular flexibility index (Phi) is 4.63. The van der Waals surface area contributed by atoms with E-state index in [9.17, 15) is 4.79 Å². The van der Waals surface area contributed by atoms with Crippen molar-refractivity contribution in [3.05, 3.63) is 23.8 Å². The largest absolute Gasteiger partial charge is 0.486 e. The number of hydrogen-bond donors (Lipinski definition) is 2. The fourth-order valence-corrected chi connectivity index (χ4v) is 1.96. The highest BCUT2D eigenvalue weighted by Gasteiger charge is 2.15. The van der Waals surface area contributed by atoms with Crippen LogP contribution in [0, 0.1) is 0 Å². The number of benzene rings is 1. The van der Waals surface area contributed by atoms with Gasteiger partial charge in [0.2, 0.25) is 0 Å². The average Bonchev–Trinajstić information content (AvgIpc) is 2.44. The van der Waals surface area contributed by atoms with Crippen LogP contribution in [0.3, 0.4) is 0 Å². The molecule has 1 atom stereocenters. The first-order chi connectivity index (χ1) is 9.20. The van der Waals surface area contributed by atoms with Gasteiger partial charge in [0.1, 0.15) is 13.2 Å². The number of aliphatic hydroxyl groups is 1. The molecule has 2 rings (SSSR count). The van der Waals surface area contributed by atoms with Crippen molar-refractivity contribution in [1.29, 1.82) is 0 Å². The number of ether oxygens (including phenoxy) is 2. The third-order valence-corrected chi connectivity index (χ3v) is 2.98. The van der Waals surface area contributed by atoms with E-state index in [4.69, 9.17) is 14.6 Å². The molecule has 1 aromatic carbocycles. The molecule has 1 aromatic rings. The lowest BCUT2D eigenvalue weighted by Gasteiger charge is -2.19. The van der Waals surface area contributed by atoms with Gasteiger partial charge in [-0.3, -0.25) is 4.79 Å². The normalized spacial score (nSPS) is 14.8. The summed E-state index contributed by atoms with van der Waals surface area (Å²) < 4.78 is 10.9. The molecule has 1 aliphatic heterocycles. The molecule has 0 aliphatic carbocycles. The van der Waals surface area contributed by atoms with Crippen molar-refractivity contribution in [2.24, 2.45) is 0 Å². The Morgan fingerprint density at radius 3 is 2.84 bits per heavy atom. The van der Waals surface area contributed by atoms with Crippen LogP contribution in [-0.2, 0) is 0 Å². The van der Waals surface area contributed by atoms with Crippen LogP contribution in [0.5, 0.6) is 11.5 Å². The molecule has 0 fully saturated rings. The minimum absolute atomic E-state index is 0.0350. The zero-order chi connectivity index (χ0) is 13.7. The zero-order valence-electron chi connectivity index (χ0n) is 11.0. The number of fused-ring (bicyclic) bond motifs is 1. The van der Waals surface area contributed by atoms with Gasteiger partial charge in [0, 0.05) is 18.2 Å². The first-order valence-electron chi connectivity index (χ1n) is 6.52. The second kappa shape index (κ2) is 6.43. The van der Waals surface area contributed by atoms with Gasteiger partial charge in [0.15, 0.2) is 11.5 Å². The van der Waals surface area contributed by atoms with Gasteiger partial charge in [0.25, 0.3) is 5.91 Å². The average molecular weight is 265 g/mol. The van der Waals surface area contributed by atoms with E-state index in [1.165, 1.54) is 0 Å². The van der Waals surface area contributed by atoms with Crippen LogP contribution in [0.25, 0.3) is 0 Å². The summed E-state index contributed by atoms with van der Waals surface area (Å²) in [6.07, 6.45) is 1.44. The summed E-state index contributed by atoms with van der Waals surface area (Å²) in [6.45, 7) is 3.11. The molecular weight excluding hydrogens is 246 g/mol. The molecule has 0 radical (unpaired) electrons. The summed E-state index contributed by atoms with van der Waals surface area (Å²) in [6, 6.07) is 5.21. The van der Waals surface area contributed by atoms with Crippen molar-refractivity contribution in [3.8, 4) is 11.5 Å². The summed E-state index contributed by atoms with van der Waals surface area (Å²) in [4.78, 5) is 12.0. The van der Waals surface area contributed by atoms with E-state index in [0.717, 1.165) is 6.42 Å². The maximum absolute atomic E-state index is 12.0. The number of aliphatic hydroxyl groups excluding tert-OH is 1. The topological polar surface area (TPSA) is 67.8 Å². The maximum Gasteiger partial charge on any atom is 0.251 e. The summed E-state index contributed by atoms with van der Waals surface area (Å²) in [5, 5.41) is 11.6. The van der Waals surface area contributed by atoms with E-state index in [2.05, 4.69) is 5.32 Å². The lowest BCUT2D eigenvalue weighted by molar-refractivity contribution is 0.0935. The van der Waals surface area contributed by atoms with Crippen molar-refractivity contribution in [2.75, 3.05) is 19.8 Å². The van der Waals surface area contributed by atoms with Gasteiger partial charge < -0.3 is 19.9 Å². The van der Waals surface area contributed by atoms with Crippen molar-refractivity contribution < 1.29 is 19.4 Å². The lowest BCUT2D eigenvalue weighted by atomic mass is 10.1. The summed E-state index contributed by atoms with van der Waals surface area (Å²) >= 11 is 0. The molecule has 2 N–H and O–H groups in total. The van der Waals surface area contributed by atoms with Crippen LogP contribution < -0.4 is 14.8 Å². The van der Waals surface area contributed by atoms with Gasteiger partial charge in [-0.1, -0.05) is 0 Å². The number of carbonyl (C=O) groups excluding carboxylic acids is 1. The standard InChI is InChI=1S/C14H19NO4/c1-10(3-2-6-16)15-14(17)11-4-5-12-13(9-11)19-8-7-18-12/h4-5,9-10,16H,2-3,6-8H2,1H3,(H,15,17). The van der Waals surface area contributed by atoms with E-state index in [0.29, 0.717) is 36.7 Å². The molecule has 104 valence electrons. The summed E-state index contributed by atoms with van der Waals surface area (Å²) in [5.41, 5.74) is 0.556. The van der Waals surface area contributed by atoms with Crippen molar-refractivity contribution >= 4 is 5.91 Å². The Morgan fingerprint density at radius 2 is 2.11 bits per heavy atom. The smallest absolute Gasteiger partial charge is 0.251 e. The van der Waals surface area contributed by atoms with Gasteiger partial charge in [-0.25, -0.2) is 0 Å². The van der Waals surface area contributed by atoms with Gasteiger partial charge >= 0.3 is 0 Å². The fourth-order valence-electron chi connectivity index (χ4n) is 1.96. The monoisotopic (exact) mass is 265 g/mol. The molecule has 0 bridgehead atoms. The Bertz CT molecular complexity index is 447. The lowest BCUT2D eigenvalue weighted by Crippen LogP contribution is -2.32. The molecule has 1 amide bonds. The third-order valence-electron chi connectivity index (χ3n) is 2.98. The SMILES string of the molecule is CC(CCCO)NC(=O)c1ccc2c(c1)OCCO2. The van der Waals surface area contributed by atoms with Crippen molar-refractivity contribution in [3.63, 3.8) is 0 Å². The minimum atomic E-state index is -0.137. The third kappa shape index (κ3) is 3.61. The van der Waals surface area contributed by atoms with Crippen LogP contribution in [-0.4, -0.2) is 36.9 Å². The molecule has 1 unspecified atom stereocenters. The highest BCUT2D eigenvalue weighted by Crippen LogP contribution is 2.30. The van der Waals surface area contributed by atoms with Gasteiger partial charge in [-0.15, -0.1) is 0 Å². The van der Waals surface area contributed by atoms with Gasteiger partial charge in [-0.2, -0.15) is 0 Å². The quantitative estimate of drug-likeness (QED) is 0.843. The highest BCUT2D eigenvalue weighted by atomic mass is 16.6. The maximum atomic E-state index is 12.0. The van der Waals surface area contributed by atoms with Crippen LogP contribution in [0.4, 0.5) is 0 Å². The van der Waals surface area contributed by atoms with Gasteiger partial charge in [0.05, 0.1) is 0 Å². The molecular formula is C14H19NO4. The fraction of sp³-hybridized carbons (Fsp3) is 0.500. The second-order valence-corrected chi connectivity index (χ2v) is 4.60. The predicted molar refractivity (Wildman–Crippen MR) is 70.7 cm³/mol. The van der Waals surface area contributed by atoms with Gasteiger partial charge in [-0.05, 0) is 38.0 Å². The molecule has 5 nitrogen and oxygen atoms in total. The molecule has 0 saturated carbocycles. The number of nitrogens with one attached hydrogen (secondary N) is 1. The molecule has 19 heavy (non-hydrogen) atoms. The van der Waals surface area contributed by atoms with E-state index in [1.54, 1.807) is 18.2 Å². The Balaban J connectivity index is 1.99. The van der Waals surface area contributed by atoms with Crippen LogP contribution in [0.15, 0.2) is 18.2 Å². The number of rotatable bonds is 5. The number of carbonyl (C=O) groups is 1. The molecule has 1 aliphatic rings. The van der Waals surface area contributed by atoms with Crippen LogP contribution in [0.2, 0.25) is 0 Å². The second-order valence-electron chi connectivity index (χ2n) is 4.60. The Morgan fingerprint density at radius 1 is 1.37 bits per heavy atom. The Hall–Kier alpha value is -1.75. The number of hydrogen-bond acceptors (Lipinski definition) is 4. The van der Waals surface area contributed by atoms with Crippen molar-refractivity contribution in [2.45, 2.75) is 25.8 Å². The van der Waals surface area contributed by atoms with E-state index in [-0.39, 0.29) is 18.6 Å². The first-order valence-corrected chi connectivity index (χ1v) is 6.52. The van der Waals surface area contributed by atoms with Crippen molar-refractivity contribution in [1.82, 2.24) is 5.32 Å². The zero-order valence-corrected chi connectivity index (χ0v) is 11.0. The molecule has 0 spiro atoms. The first kappa shape index (κ1) is 13.7. The molecule has 0 aromatic heterocycles. The number of amides is 1. The minimum Gasteiger partial charge on any atom is -0.486 e. The predicted octanol–water partition coefficient (Wildman–Crippen LogP) is 1.35. The summed E-state index contributed by atoms with van der Waals surface area (Å²) in [7, 11) is 0. The summed E-state index contributed by atoms with van der Waals surface area (Å²) in [5.74, 6) is 1.15. The van der Waals surface area contributed by atoms with E-state index >= 15 is 0 Å². The molecule has 0 saturated heterocycles. The van der Waals surface area contributed by atoms with E-state index in [1.807, 2.05) is 6.92 Å².